The molecule has 1 amide bonds. The van der Waals surface area contributed by atoms with E-state index in [4.69, 9.17) is 0 Å². The van der Waals surface area contributed by atoms with Crippen LogP contribution in [0.1, 0.15) is 20.3 Å². The number of benzene rings is 1. The van der Waals surface area contributed by atoms with Crippen molar-refractivity contribution in [3.05, 3.63) is 24.3 Å². The number of hydrogen-bond acceptors (Lipinski definition) is 3. The summed E-state index contributed by atoms with van der Waals surface area (Å²) >= 11 is 0. The molecule has 0 heterocycles. The maximum atomic E-state index is 11.6. The van der Waals surface area contributed by atoms with Crippen LogP contribution in [0.15, 0.2) is 29.2 Å². The van der Waals surface area contributed by atoms with Crippen LogP contribution in [0, 0.1) is 5.92 Å². The van der Waals surface area contributed by atoms with Crippen molar-refractivity contribution < 1.29 is 13.2 Å². The van der Waals surface area contributed by atoms with Gasteiger partial charge in [-0.2, -0.15) is 0 Å². The maximum absolute atomic E-state index is 11.6. The summed E-state index contributed by atoms with van der Waals surface area (Å²) in [6, 6.07) is 6.27. The molecule has 0 unspecified atom stereocenters. The second-order valence-corrected chi connectivity index (χ2v) is 6.11. The molecule has 0 saturated carbocycles. The van der Waals surface area contributed by atoms with Gasteiger partial charge in [0.2, 0.25) is 5.91 Å². The summed E-state index contributed by atoms with van der Waals surface area (Å²) in [7, 11) is -3.24. The van der Waals surface area contributed by atoms with E-state index >= 15 is 0 Å². The van der Waals surface area contributed by atoms with E-state index in [9.17, 15) is 13.2 Å². The quantitative estimate of drug-likeness (QED) is 0.895. The third kappa shape index (κ3) is 3.85. The molecule has 1 rings (SSSR count). The molecule has 4 nitrogen and oxygen atoms in total. The van der Waals surface area contributed by atoms with Gasteiger partial charge in [-0.15, -0.1) is 0 Å². The highest BCUT2D eigenvalue weighted by Gasteiger charge is 2.12. The molecule has 17 heavy (non-hydrogen) atoms. The van der Waals surface area contributed by atoms with Gasteiger partial charge in [-0.05, 0) is 24.6 Å². The highest BCUT2D eigenvalue weighted by Crippen LogP contribution is 2.16. The van der Waals surface area contributed by atoms with Crippen molar-refractivity contribution in [1.82, 2.24) is 0 Å². The van der Waals surface area contributed by atoms with Crippen LogP contribution in [0.2, 0.25) is 0 Å². The van der Waals surface area contributed by atoms with Gasteiger partial charge in [0, 0.05) is 17.9 Å². The Balaban J connectivity index is 2.91. The van der Waals surface area contributed by atoms with E-state index in [2.05, 4.69) is 5.32 Å². The normalized spacial score (nSPS) is 13.1. The Kier molecular flexibility index (Phi) is 4.28. The van der Waals surface area contributed by atoms with Crippen molar-refractivity contribution >= 4 is 21.4 Å². The van der Waals surface area contributed by atoms with E-state index in [1.807, 2.05) is 13.8 Å². The lowest BCUT2D eigenvalue weighted by Crippen LogP contribution is -2.19. The zero-order chi connectivity index (χ0) is 13.1. The van der Waals surface area contributed by atoms with Gasteiger partial charge >= 0.3 is 0 Å². The Labute approximate surface area is 102 Å². The molecule has 1 aromatic carbocycles. The molecule has 0 aliphatic rings. The van der Waals surface area contributed by atoms with Crippen LogP contribution in [-0.4, -0.2) is 20.6 Å². The lowest BCUT2D eigenvalue weighted by molar-refractivity contribution is -0.119. The minimum absolute atomic E-state index is 0.0862. The van der Waals surface area contributed by atoms with E-state index in [-0.39, 0.29) is 16.7 Å². The van der Waals surface area contributed by atoms with Gasteiger partial charge in [0.15, 0.2) is 9.84 Å². The van der Waals surface area contributed by atoms with Gasteiger partial charge in [0.25, 0.3) is 0 Å². The third-order valence-electron chi connectivity index (χ3n) is 2.59. The van der Waals surface area contributed by atoms with Crippen molar-refractivity contribution in [1.29, 1.82) is 0 Å². The summed E-state index contributed by atoms with van der Waals surface area (Å²) in [5.41, 5.74) is 0.512. The fourth-order valence-corrected chi connectivity index (χ4v) is 1.92. The van der Waals surface area contributed by atoms with Crippen LogP contribution in [0.25, 0.3) is 0 Å². The molecule has 1 atom stereocenters. The van der Waals surface area contributed by atoms with E-state index in [0.29, 0.717) is 5.69 Å². The van der Waals surface area contributed by atoms with Gasteiger partial charge in [0.1, 0.15) is 0 Å². The average molecular weight is 255 g/mol. The lowest BCUT2D eigenvalue weighted by Gasteiger charge is -2.10. The van der Waals surface area contributed by atoms with Crippen LogP contribution < -0.4 is 5.32 Å². The van der Waals surface area contributed by atoms with E-state index in [0.717, 1.165) is 12.7 Å². The Bertz CT molecular complexity index is 508. The molecule has 5 heteroatoms. The van der Waals surface area contributed by atoms with Crippen molar-refractivity contribution in [2.45, 2.75) is 25.2 Å². The number of carbonyl (C=O) groups excluding carboxylic acids is 1. The molecule has 0 bridgehead atoms. The SMILES string of the molecule is CC[C@H](C)C(=O)Nc1cccc(S(C)(=O)=O)c1. The van der Waals surface area contributed by atoms with Crippen molar-refractivity contribution in [3.8, 4) is 0 Å². The van der Waals surface area contributed by atoms with Gasteiger partial charge < -0.3 is 5.32 Å². The maximum Gasteiger partial charge on any atom is 0.227 e. The van der Waals surface area contributed by atoms with Crippen LogP contribution in [0.3, 0.4) is 0 Å². The average Bonchev–Trinajstić information content (AvgIpc) is 2.27. The molecule has 0 radical (unpaired) electrons. The molecule has 0 aromatic heterocycles. The van der Waals surface area contributed by atoms with Crippen LogP contribution in [0.4, 0.5) is 5.69 Å². The predicted molar refractivity (Wildman–Crippen MR) is 67.6 cm³/mol. The van der Waals surface area contributed by atoms with Crippen molar-refractivity contribution in [2.75, 3.05) is 11.6 Å². The van der Waals surface area contributed by atoms with E-state index < -0.39 is 9.84 Å². The highest BCUT2D eigenvalue weighted by atomic mass is 32.2. The van der Waals surface area contributed by atoms with E-state index in [1.165, 1.54) is 12.1 Å². The molecule has 0 spiro atoms. The number of sulfone groups is 1. The largest absolute Gasteiger partial charge is 0.326 e. The van der Waals surface area contributed by atoms with Crippen LogP contribution in [-0.2, 0) is 14.6 Å². The monoisotopic (exact) mass is 255 g/mol. The minimum atomic E-state index is -3.24. The fraction of sp³-hybridized carbons (Fsp3) is 0.417. The number of rotatable bonds is 4. The number of hydrogen-bond donors (Lipinski definition) is 1. The first-order valence-electron chi connectivity index (χ1n) is 5.45. The summed E-state index contributed by atoms with van der Waals surface area (Å²) in [6.07, 6.45) is 1.89. The molecule has 1 N–H and O–H groups in total. The molecule has 1 aromatic rings. The first kappa shape index (κ1) is 13.7. The van der Waals surface area contributed by atoms with Gasteiger partial charge in [-0.25, -0.2) is 8.42 Å². The second-order valence-electron chi connectivity index (χ2n) is 4.10. The smallest absolute Gasteiger partial charge is 0.227 e. The molecular formula is C12H17NO3S. The zero-order valence-corrected chi connectivity index (χ0v) is 11.0. The standard InChI is InChI=1S/C12H17NO3S/c1-4-9(2)12(14)13-10-6-5-7-11(8-10)17(3,15)16/h5-9H,4H2,1-3H3,(H,13,14)/t9-/m0/s1. The summed E-state index contributed by atoms with van der Waals surface area (Å²) < 4.78 is 22.7. The Morgan fingerprint density at radius 2 is 2.06 bits per heavy atom. The summed E-state index contributed by atoms with van der Waals surface area (Å²) in [4.78, 5) is 11.9. The van der Waals surface area contributed by atoms with Crippen LogP contribution in [0.5, 0.6) is 0 Å². The topological polar surface area (TPSA) is 63.2 Å². The number of nitrogens with one attached hydrogen (secondary N) is 1. The van der Waals surface area contributed by atoms with E-state index in [1.54, 1.807) is 12.1 Å². The van der Waals surface area contributed by atoms with Gasteiger partial charge in [0.05, 0.1) is 4.90 Å². The van der Waals surface area contributed by atoms with Gasteiger partial charge in [-0.1, -0.05) is 19.9 Å². The number of carbonyl (C=O) groups is 1. The van der Waals surface area contributed by atoms with Crippen molar-refractivity contribution in [2.24, 2.45) is 5.92 Å². The van der Waals surface area contributed by atoms with Gasteiger partial charge in [-0.3, -0.25) is 4.79 Å². The molecule has 0 aliphatic heterocycles. The molecule has 0 aliphatic carbocycles. The molecular weight excluding hydrogens is 238 g/mol. The highest BCUT2D eigenvalue weighted by molar-refractivity contribution is 7.90. The number of amides is 1. The van der Waals surface area contributed by atoms with Crippen molar-refractivity contribution in [3.63, 3.8) is 0 Å². The first-order valence-corrected chi connectivity index (χ1v) is 7.34. The summed E-state index contributed by atoms with van der Waals surface area (Å²) in [5, 5.41) is 2.70. The Hall–Kier alpha value is -1.36. The number of anilines is 1. The Morgan fingerprint density at radius 1 is 1.41 bits per heavy atom. The minimum Gasteiger partial charge on any atom is -0.326 e. The summed E-state index contributed by atoms with van der Waals surface area (Å²) in [6.45, 7) is 3.76. The molecule has 0 fully saturated rings. The summed E-state index contributed by atoms with van der Waals surface area (Å²) in [5.74, 6) is -0.185. The Morgan fingerprint density at radius 3 is 2.59 bits per heavy atom. The third-order valence-corrected chi connectivity index (χ3v) is 3.70. The lowest BCUT2D eigenvalue weighted by atomic mass is 10.1. The zero-order valence-electron chi connectivity index (χ0n) is 10.2. The first-order chi connectivity index (χ1) is 7.84. The van der Waals surface area contributed by atoms with Crippen LogP contribution >= 0.6 is 0 Å². The fourth-order valence-electron chi connectivity index (χ4n) is 1.26. The predicted octanol–water partition coefficient (Wildman–Crippen LogP) is 2.07. The second kappa shape index (κ2) is 5.31. The molecule has 0 saturated heterocycles. The molecule has 94 valence electrons.